The molecule has 0 spiro atoms. The van der Waals surface area contributed by atoms with Gasteiger partial charge < -0.3 is 24.5 Å². The number of guanidine groups is 1. The first-order valence-corrected chi connectivity index (χ1v) is 7.87. The highest BCUT2D eigenvalue weighted by atomic mass is 16.5. The first-order chi connectivity index (χ1) is 11.2. The fourth-order valence-electron chi connectivity index (χ4n) is 2.27. The topological polar surface area (TPSA) is 85.1 Å². The van der Waals surface area contributed by atoms with Crippen LogP contribution in [-0.2, 0) is 16.0 Å². The van der Waals surface area contributed by atoms with Gasteiger partial charge in [0.15, 0.2) is 5.96 Å². The Morgan fingerprint density at radius 2 is 2.00 bits per heavy atom. The highest BCUT2D eigenvalue weighted by Crippen LogP contribution is 2.21. The molecule has 1 aromatic rings. The number of aliphatic imine (C=N–C) groups is 1. The summed E-state index contributed by atoms with van der Waals surface area (Å²) in [5, 5.41) is 6.38. The summed E-state index contributed by atoms with van der Waals surface area (Å²) in [7, 11) is 4.75. The molecule has 0 saturated heterocycles. The van der Waals surface area contributed by atoms with Gasteiger partial charge in [0.25, 0.3) is 0 Å². The van der Waals surface area contributed by atoms with Gasteiger partial charge in [-0.2, -0.15) is 0 Å². The van der Waals surface area contributed by atoms with Crippen molar-refractivity contribution in [1.82, 2.24) is 10.6 Å². The number of ether oxygens (including phenoxy) is 2. The second-order valence-corrected chi connectivity index (χ2v) is 6.57. The Balaban J connectivity index is 2.60. The summed E-state index contributed by atoms with van der Waals surface area (Å²) < 4.78 is 15.8. The van der Waals surface area contributed by atoms with Crippen LogP contribution in [0.3, 0.4) is 0 Å². The van der Waals surface area contributed by atoms with Crippen molar-refractivity contribution in [3.05, 3.63) is 23.2 Å². The SMILES string of the molecule is CN=C(NCc1cc(C(=O)OC)c(C)o1)NCC(OC)C(C)(C)C. The van der Waals surface area contributed by atoms with E-state index in [9.17, 15) is 4.79 Å². The number of esters is 1. The summed E-state index contributed by atoms with van der Waals surface area (Å²) >= 11 is 0. The summed E-state index contributed by atoms with van der Waals surface area (Å²) in [6.45, 7) is 9.14. The highest BCUT2D eigenvalue weighted by molar-refractivity contribution is 5.90. The molecule has 0 fully saturated rings. The van der Waals surface area contributed by atoms with Crippen LogP contribution in [0.5, 0.6) is 0 Å². The minimum Gasteiger partial charge on any atom is -0.465 e. The van der Waals surface area contributed by atoms with Crippen LogP contribution in [0.25, 0.3) is 0 Å². The Morgan fingerprint density at radius 3 is 2.50 bits per heavy atom. The van der Waals surface area contributed by atoms with Crippen LogP contribution < -0.4 is 10.6 Å². The molecular weight excluding hydrogens is 310 g/mol. The average molecular weight is 339 g/mol. The average Bonchev–Trinajstić information content (AvgIpc) is 2.89. The third kappa shape index (κ3) is 5.56. The van der Waals surface area contributed by atoms with E-state index in [-0.39, 0.29) is 11.5 Å². The molecule has 1 rings (SSSR count). The summed E-state index contributed by atoms with van der Waals surface area (Å²) in [4.78, 5) is 15.8. The zero-order valence-corrected chi connectivity index (χ0v) is 15.6. The molecular formula is C17H29N3O4. The first-order valence-electron chi connectivity index (χ1n) is 7.87. The number of methoxy groups -OCH3 is 2. The molecule has 0 amide bonds. The molecule has 7 nitrogen and oxygen atoms in total. The van der Waals surface area contributed by atoms with Crippen molar-refractivity contribution < 1.29 is 18.7 Å². The molecule has 2 N–H and O–H groups in total. The fraction of sp³-hybridized carbons (Fsp3) is 0.647. The van der Waals surface area contributed by atoms with Gasteiger partial charge in [-0.3, -0.25) is 4.99 Å². The van der Waals surface area contributed by atoms with Gasteiger partial charge in [0.2, 0.25) is 0 Å². The first kappa shape index (κ1) is 20.0. The standard InChI is InChI=1S/C17H29N3O4/c1-11-13(15(21)23-7)8-12(24-11)9-19-16(18-5)20-10-14(22-6)17(2,3)4/h8,14H,9-10H2,1-7H3,(H2,18,19,20). The molecule has 1 aromatic heterocycles. The Labute approximate surface area is 143 Å². The molecule has 1 unspecified atom stereocenters. The summed E-state index contributed by atoms with van der Waals surface area (Å²) in [6, 6.07) is 1.68. The molecule has 136 valence electrons. The van der Waals surface area contributed by atoms with Gasteiger partial charge in [-0.25, -0.2) is 4.79 Å². The van der Waals surface area contributed by atoms with E-state index in [1.165, 1.54) is 7.11 Å². The van der Waals surface area contributed by atoms with Gasteiger partial charge in [0.05, 0.1) is 19.8 Å². The maximum Gasteiger partial charge on any atom is 0.341 e. The van der Waals surface area contributed by atoms with E-state index >= 15 is 0 Å². The van der Waals surface area contributed by atoms with Gasteiger partial charge in [-0.15, -0.1) is 0 Å². The van der Waals surface area contributed by atoms with E-state index in [0.29, 0.717) is 36.1 Å². The fourth-order valence-corrected chi connectivity index (χ4v) is 2.27. The molecule has 0 bridgehead atoms. The van der Waals surface area contributed by atoms with Crippen molar-refractivity contribution in [1.29, 1.82) is 0 Å². The van der Waals surface area contributed by atoms with Crippen molar-refractivity contribution in [2.75, 3.05) is 27.8 Å². The second kappa shape index (κ2) is 8.73. The van der Waals surface area contributed by atoms with E-state index in [4.69, 9.17) is 13.9 Å². The van der Waals surface area contributed by atoms with Crippen LogP contribution >= 0.6 is 0 Å². The molecule has 0 aliphatic rings. The molecule has 0 aliphatic carbocycles. The molecule has 0 aromatic carbocycles. The normalized spacial score (nSPS) is 13.5. The van der Waals surface area contributed by atoms with E-state index in [2.05, 4.69) is 36.4 Å². The van der Waals surface area contributed by atoms with Gasteiger partial charge in [-0.1, -0.05) is 20.8 Å². The lowest BCUT2D eigenvalue weighted by molar-refractivity contribution is 0.0205. The van der Waals surface area contributed by atoms with Crippen molar-refractivity contribution in [3.8, 4) is 0 Å². The van der Waals surface area contributed by atoms with Crippen LogP contribution in [0.2, 0.25) is 0 Å². The molecule has 0 saturated carbocycles. The predicted molar refractivity (Wildman–Crippen MR) is 93.2 cm³/mol. The molecule has 0 aliphatic heterocycles. The molecule has 1 atom stereocenters. The lowest BCUT2D eigenvalue weighted by Crippen LogP contribution is -2.45. The second-order valence-electron chi connectivity index (χ2n) is 6.57. The smallest absolute Gasteiger partial charge is 0.341 e. The number of nitrogens with one attached hydrogen (secondary N) is 2. The van der Waals surface area contributed by atoms with Crippen LogP contribution in [0, 0.1) is 12.3 Å². The maximum atomic E-state index is 11.6. The number of rotatable bonds is 6. The Bertz CT molecular complexity index is 573. The van der Waals surface area contributed by atoms with Gasteiger partial charge in [0.1, 0.15) is 17.1 Å². The third-order valence-electron chi connectivity index (χ3n) is 3.73. The number of nitrogens with zero attached hydrogens (tertiary/aromatic N) is 1. The largest absolute Gasteiger partial charge is 0.465 e. The van der Waals surface area contributed by atoms with Crippen LogP contribution in [0.15, 0.2) is 15.5 Å². The summed E-state index contributed by atoms with van der Waals surface area (Å²) in [6.07, 6.45) is 0.0489. The number of aryl methyl sites for hydroxylation is 1. The van der Waals surface area contributed by atoms with Gasteiger partial charge in [0, 0.05) is 20.7 Å². The van der Waals surface area contributed by atoms with E-state index in [1.807, 2.05) is 0 Å². The molecule has 0 radical (unpaired) electrons. The summed E-state index contributed by atoms with van der Waals surface area (Å²) in [5.74, 6) is 1.40. The number of hydrogen-bond acceptors (Lipinski definition) is 5. The highest BCUT2D eigenvalue weighted by Gasteiger charge is 2.24. The van der Waals surface area contributed by atoms with Crippen molar-refractivity contribution in [2.24, 2.45) is 10.4 Å². The predicted octanol–water partition coefficient (Wildman–Crippen LogP) is 2.10. The van der Waals surface area contributed by atoms with E-state index in [0.717, 1.165) is 0 Å². The monoisotopic (exact) mass is 339 g/mol. The molecule has 7 heteroatoms. The number of carbonyl (C=O) groups is 1. The molecule has 24 heavy (non-hydrogen) atoms. The number of hydrogen-bond donors (Lipinski definition) is 2. The van der Waals surface area contributed by atoms with Crippen LogP contribution in [0.4, 0.5) is 0 Å². The van der Waals surface area contributed by atoms with E-state index in [1.54, 1.807) is 27.1 Å². The number of carbonyl (C=O) groups excluding carboxylic acids is 1. The minimum atomic E-state index is -0.405. The Hall–Kier alpha value is -2.02. The maximum absolute atomic E-state index is 11.6. The Kier molecular flexibility index (Phi) is 7.28. The summed E-state index contributed by atoms with van der Waals surface area (Å²) in [5.41, 5.74) is 0.457. The number of furan rings is 1. The van der Waals surface area contributed by atoms with Crippen molar-refractivity contribution in [2.45, 2.75) is 40.3 Å². The van der Waals surface area contributed by atoms with Gasteiger partial charge in [-0.05, 0) is 18.4 Å². The van der Waals surface area contributed by atoms with Crippen LogP contribution in [-0.4, -0.2) is 45.8 Å². The molecule has 1 heterocycles. The third-order valence-corrected chi connectivity index (χ3v) is 3.73. The quantitative estimate of drug-likeness (QED) is 0.469. The zero-order chi connectivity index (χ0) is 18.3. The van der Waals surface area contributed by atoms with Gasteiger partial charge >= 0.3 is 5.97 Å². The van der Waals surface area contributed by atoms with Crippen molar-refractivity contribution in [3.63, 3.8) is 0 Å². The Morgan fingerprint density at radius 1 is 1.33 bits per heavy atom. The lowest BCUT2D eigenvalue weighted by atomic mass is 9.89. The van der Waals surface area contributed by atoms with Crippen molar-refractivity contribution >= 4 is 11.9 Å². The minimum absolute atomic E-state index is 0.0220. The van der Waals surface area contributed by atoms with Crippen LogP contribution in [0.1, 0.15) is 42.6 Å². The zero-order valence-electron chi connectivity index (χ0n) is 15.6. The lowest BCUT2D eigenvalue weighted by Gasteiger charge is -2.30. The van der Waals surface area contributed by atoms with E-state index < -0.39 is 5.97 Å².